The number of hydrogen-bond donors (Lipinski definition) is 3. The lowest BCUT2D eigenvalue weighted by molar-refractivity contribution is -0.129. The van der Waals surface area contributed by atoms with Crippen LogP contribution in [0.15, 0.2) is 54.6 Å². The van der Waals surface area contributed by atoms with Gasteiger partial charge in [-0.1, -0.05) is 49.4 Å². The largest absolute Gasteiger partial charge is 0.289 e. The summed E-state index contributed by atoms with van der Waals surface area (Å²) in [6, 6.07) is 15.6. The molecule has 1 unspecified atom stereocenters. The fourth-order valence-electron chi connectivity index (χ4n) is 2.49. The Bertz CT molecular complexity index is 791. The molecule has 0 aliphatic carbocycles. The number of hydrogen-bond acceptors (Lipinski definition) is 4. The normalized spacial score (nSPS) is 12.4. The van der Waals surface area contributed by atoms with Gasteiger partial charge in [0.05, 0.1) is 11.7 Å². The van der Waals surface area contributed by atoms with Crippen LogP contribution in [-0.2, 0) is 14.8 Å². The average molecular weight is 348 g/mol. The van der Waals surface area contributed by atoms with E-state index in [0.717, 1.165) is 0 Å². The van der Waals surface area contributed by atoms with E-state index < -0.39 is 21.8 Å². The van der Waals surface area contributed by atoms with Gasteiger partial charge in [0.25, 0.3) is 5.91 Å². The van der Waals surface area contributed by atoms with Crippen LogP contribution in [0.25, 0.3) is 0 Å². The number of sulfonamides is 1. The second-order valence-electron chi connectivity index (χ2n) is 5.37. The third-order valence-corrected chi connectivity index (χ3v) is 4.96. The quantitative estimate of drug-likeness (QED) is 0.529. The van der Waals surface area contributed by atoms with Gasteiger partial charge in [0.2, 0.25) is 10.0 Å². The molecule has 0 bridgehead atoms. The number of rotatable bonds is 7. The summed E-state index contributed by atoms with van der Waals surface area (Å²) in [6.45, 7) is 1.78. The van der Waals surface area contributed by atoms with Crippen molar-refractivity contribution >= 4 is 21.6 Å². The molecule has 1 atom stereocenters. The lowest BCUT2D eigenvalue weighted by atomic mass is 9.90. The van der Waals surface area contributed by atoms with Crippen LogP contribution in [0.4, 0.5) is 5.69 Å². The average Bonchev–Trinajstić information content (AvgIpc) is 2.55. The number of anilines is 1. The highest BCUT2D eigenvalue weighted by Gasteiger charge is 2.23. The van der Waals surface area contributed by atoms with Gasteiger partial charge in [-0.25, -0.2) is 13.9 Å². The van der Waals surface area contributed by atoms with E-state index >= 15 is 0 Å². The second-order valence-corrected chi connectivity index (χ2v) is 7.21. The molecule has 2 aromatic carbocycles. The van der Waals surface area contributed by atoms with E-state index in [2.05, 4.69) is 4.72 Å². The maximum atomic E-state index is 12.1. The summed E-state index contributed by atoms with van der Waals surface area (Å²) in [5, 5.41) is 9.04. The number of amides is 1. The number of nitrogens with one attached hydrogen (secondary N) is 2. The van der Waals surface area contributed by atoms with E-state index in [0.29, 0.717) is 23.2 Å². The molecule has 6 nitrogen and oxygen atoms in total. The molecule has 7 heteroatoms. The molecule has 128 valence electrons. The van der Waals surface area contributed by atoms with Crippen molar-refractivity contribution in [3.8, 4) is 0 Å². The highest BCUT2D eigenvalue weighted by Crippen LogP contribution is 2.27. The Morgan fingerprint density at radius 2 is 1.75 bits per heavy atom. The molecule has 0 aliphatic rings. The van der Waals surface area contributed by atoms with E-state index in [4.69, 9.17) is 5.21 Å². The summed E-state index contributed by atoms with van der Waals surface area (Å²) in [5.41, 5.74) is 3.32. The van der Waals surface area contributed by atoms with Gasteiger partial charge >= 0.3 is 0 Å². The van der Waals surface area contributed by atoms with Crippen molar-refractivity contribution in [2.24, 2.45) is 0 Å². The predicted molar refractivity (Wildman–Crippen MR) is 92.4 cm³/mol. The first-order chi connectivity index (χ1) is 11.5. The van der Waals surface area contributed by atoms with Gasteiger partial charge in [-0.2, -0.15) is 0 Å². The molecule has 0 fully saturated rings. The van der Waals surface area contributed by atoms with Crippen molar-refractivity contribution in [3.05, 3.63) is 65.7 Å². The fourth-order valence-corrected chi connectivity index (χ4v) is 3.61. The van der Waals surface area contributed by atoms with E-state index in [1.807, 2.05) is 6.07 Å². The molecule has 0 spiro atoms. The van der Waals surface area contributed by atoms with Crippen LogP contribution in [0.1, 0.15) is 30.4 Å². The minimum absolute atomic E-state index is 0.0243. The van der Waals surface area contributed by atoms with Gasteiger partial charge in [0.15, 0.2) is 0 Å². The molecule has 0 aliphatic heterocycles. The molecule has 2 rings (SSSR count). The van der Waals surface area contributed by atoms with Gasteiger partial charge < -0.3 is 0 Å². The van der Waals surface area contributed by atoms with Gasteiger partial charge in [-0.05, 0) is 29.7 Å². The Balaban J connectivity index is 2.38. The highest BCUT2D eigenvalue weighted by atomic mass is 32.2. The zero-order valence-corrected chi connectivity index (χ0v) is 14.1. The lowest BCUT2D eigenvalue weighted by Gasteiger charge is -2.17. The Hall–Kier alpha value is -2.38. The smallest absolute Gasteiger partial charge is 0.255 e. The number of carbonyl (C=O) groups is 1. The molecule has 0 radical (unpaired) electrons. The summed E-state index contributed by atoms with van der Waals surface area (Å²) >= 11 is 0. The highest BCUT2D eigenvalue weighted by molar-refractivity contribution is 7.92. The van der Waals surface area contributed by atoms with Crippen molar-refractivity contribution < 1.29 is 18.4 Å². The van der Waals surface area contributed by atoms with Crippen LogP contribution >= 0.6 is 0 Å². The summed E-state index contributed by atoms with van der Waals surface area (Å²) in [7, 11) is -3.42. The minimum Gasteiger partial charge on any atom is -0.289 e. The Labute approximate surface area is 141 Å². The molecule has 0 saturated heterocycles. The zero-order chi connectivity index (χ0) is 17.6. The second kappa shape index (κ2) is 7.94. The van der Waals surface area contributed by atoms with Gasteiger partial charge in [-0.3, -0.25) is 14.7 Å². The summed E-state index contributed by atoms with van der Waals surface area (Å²) in [6.07, 6.45) is 0.509. The molecule has 1 amide bonds. The lowest BCUT2D eigenvalue weighted by Crippen LogP contribution is -2.27. The van der Waals surface area contributed by atoms with Gasteiger partial charge in [0, 0.05) is 5.69 Å². The summed E-state index contributed by atoms with van der Waals surface area (Å²) in [4.78, 5) is 12.1. The van der Waals surface area contributed by atoms with E-state index in [1.165, 1.54) is 0 Å². The Kier molecular flexibility index (Phi) is 5.94. The molecule has 3 N–H and O–H groups in total. The maximum absolute atomic E-state index is 12.1. The minimum atomic E-state index is -3.42. The molecule has 24 heavy (non-hydrogen) atoms. The van der Waals surface area contributed by atoms with Crippen LogP contribution < -0.4 is 10.2 Å². The van der Waals surface area contributed by atoms with E-state index in [9.17, 15) is 13.2 Å². The van der Waals surface area contributed by atoms with Crippen LogP contribution in [0, 0.1) is 0 Å². The van der Waals surface area contributed by atoms with Crippen molar-refractivity contribution in [1.82, 2.24) is 5.48 Å². The van der Waals surface area contributed by atoms with Crippen LogP contribution in [0.2, 0.25) is 0 Å². The topological polar surface area (TPSA) is 95.5 Å². The van der Waals surface area contributed by atoms with E-state index in [-0.39, 0.29) is 5.75 Å². The maximum Gasteiger partial charge on any atom is 0.255 e. The SMILES string of the molecule is CCCS(=O)(=O)Nc1cccc(C(C(=O)NO)c2ccccc2)c1. The number of carbonyl (C=O) groups excluding carboxylic acids is 1. The predicted octanol–water partition coefficient (Wildman–Crippen LogP) is 2.48. The van der Waals surface area contributed by atoms with Crippen LogP contribution in [-0.4, -0.2) is 25.3 Å². The fraction of sp³-hybridized carbons (Fsp3) is 0.235. The monoisotopic (exact) mass is 348 g/mol. The van der Waals surface area contributed by atoms with Gasteiger partial charge in [0.1, 0.15) is 0 Å². The van der Waals surface area contributed by atoms with Crippen LogP contribution in [0.3, 0.4) is 0 Å². The van der Waals surface area contributed by atoms with Crippen LogP contribution in [0.5, 0.6) is 0 Å². The Morgan fingerprint density at radius 3 is 2.38 bits per heavy atom. The molecule has 0 heterocycles. The third kappa shape index (κ3) is 4.56. The van der Waals surface area contributed by atoms with E-state index in [1.54, 1.807) is 60.9 Å². The molecular weight excluding hydrogens is 328 g/mol. The molecular formula is C17H20N2O4S. The van der Waals surface area contributed by atoms with Crippen molar-refractivity contribution in [2.75, 3.05) is 10.5 Å². The number of benzene rings is 2. The van der Waals surface area contributed by atoms with Gasteiger partial charge in [-0.15, -0.1) is 0 Å². The zero-order valence-electron chi connectivity index (χ0n) is 13.3. The molecule has 0 aromatic heterocycles. The molecule has 2 aromatic rings. The van der Waals surface area contributed by atoms with Crippen molar-refractivity contribution in [2.45, 2.75) is 19.3 Å². The van der Waals surface area contributed by atoms with Crippen molar-refractivity contribution in [3.63, 3.8) is 0 Å². The summed E-state index contributed by atoms with van der Waals surface area (Å²) in [5.74, 6) is -1.31. The first-order valence-electron chi connectivity index (χ1n) is 7.56. The third-order valence-electron chi connectivity index (χ3n) is 3.47. The Morgan fingerprint density at radius 1 is 1.08 bits per heavy atom. The first-order valence-corrected chi connectivity index (χ1v) is 9.21. The molecule has 0 saturated carbocycles. The van der Waals surface area contributed by atoms with Crippen molar-refractivity contribution in [1.29, 1.82) is 0 Å². The number of hydroxylamine groups is 1. The standard InChI is InChI=1S/C17H20N2O4S/c1-2-11-24(22,23)19-15-10-6-9-14(12-15)16(17(20)18-21)13-7-4-3-5-8-13/h3-10,12,16,19,21H,2,11H2,1H3,(H,18,20). The summed E-state index contributed by atoms with van der Waals surface area (Å²) < 4.78 is 26.3. The first kappa shape index (κ1) is 18.0.